The molecule has 1 amide bonds. The van der Waals surface area contributed by atoms with Gasteiger partial charge >= 0.3 is 6.18 Å². The molecule has 5 nitrogen and oxygen atoms in total. The number of alkyl halides is 3. The second-order valence-electron chi connectivity index (χ2n) is 6.14. The summed E-state index contributed by atoms with van der Waals surface area (Å²) in [6.07, 6.45) is -4.69. The Balaban J connectivity index is 2.11. The van der Waals surface area contributed by atoms with Gasteiger partial charge in [-0.05, 0) is 5.41 Å². The molecule has 1 atom stereocenters. The molecular weight excluding hydrogens is 287 g/mol. The minimum Gasteiger partial charge on any atom is -0.374 e. The molecule has 1 aromatic rings. The van der Waals surface area contributed by atoms with Gasteiger partial charge in [0, 0.05) is 19.2 Å². The third-order valence-electron chi connectivity index (χ3n) is 3.42. The quantitative estimate of drug-likeness (QED) is 0.866. The number of carbonyl (C=O) groups is 1. The molecule has 1 fully saturated rings. The van der Waals surface area contributed by atoms with Crippen LogP contribution >= 0.6 is 0 Å². The maximum Gasteiger partial charge on any atom is 0.432 e. The van der Waals surface area contributed by atoms with Crippen molar-refractivity contribution in [3.05, 3.63) is 17.5 Å². The number of rotatable bonds is 1. The molecule has 0 saturated carbocycles. The van der Waals surface area contributed by atoms with Gasteiger partial charge in [-0.25, -0.2) is 0 Å². The third kappa shape index (κ3) is 3.55. The van der Waals surface area contributed by atoms with Crippen LogP contribution in [0.1, 0.15) is 37.0 Å². The van der Waals surface area contributed by atoms with Gasteiger partial charge in [-0.15, -0.1) is 0 Å². The number of aromatic nitrogens is 2. The lowest BCUT2D eigenvalue weighted by Crippen LogP contribution is -2.50. The van der Waals surface area contributed by atoms with E-state index < -0.39 is 17.8 Å². The molecule has 2 rings (SSSR count). The maximum absolute atomic E-state index is 12.5. The smallest absolute Gasteiger partial charge is 0.374 e. The van der Waals surface area contributed by atoms with Crippen molar-refractivity contribution in [2.45, 2.75) is 33.1 Å². The average molecular weight is 305 g/mol. The standard InChI is InChI=1S/C13H18F3N3O2/c1-12(2,3)10-7-19(4-5-21-10)11(20)8-6-9(18-17-8)13(14,15)16/h6,10H,4-5,7H2,1-3H3,(H,17,18). The molecule has 0 aliphatic carbocycles. The van der Waals surface area contributed by atoms with E-state index in [4.69, 9.17) is 4.74 Å². The summed E-state index contributed by atoms with van der Waals surface area (Å²) < 4.78 is 43.1. The third-order valence-corrected chi connectivity index (χ3v) is 3.42. The molecule has 0 radical (unpaired) electrons. The second kappa shape index (κ2) is 5.32. The minimum atomic E-state index is -4.54. The number of morpholine rings is 1. The highest BCUT2D eigenvalue weighted by Gasteiger charge is 2.36. The Hall–Kier alpha value is -1.57. The predicted molar refractivity (Wildman–Crippen MR) is 68.7 cm³/mol. The lowest BCUT2D eigenvalue weighted by Gasteiger charge is -2.39. The first kappa shape index (κ1) is 15.8. The van der Waals surface area contributed by atoms with E-state index in [0.717, 1.165) is 6.07 Å². The van der Waals surface area contributed by atoms with Gasteiger partial charge < -0.3 is 9.64 Å². The van der Waals surface area contributed by atoms with Crippen LogP contribution < -0.4 is 0 Å². The summed E-state index contributed by atoms with van der Waals surface area (Å²) in [4.78, 5) is 13.7. The molecule has 1 aliphatic rings. The molecule has 1 unspecified atom stereocenters. The Morgan fingerprint density at radius 3 is 2.62 bits per heavy atom. The molecule has 0 bridgehead atoms. The van der Waals surface area contributed by atoms with Gasteiger partial charge in [-0.1, -0.05) is 20.8 Å². The van der Waals surface area contributed by atoms with Crippen molar-refractivity contribution in [2.24, 2.45) is 5.41 Å². The van der Waals surface area contributed by atoms with Crippen molar-refractivity contribution in [1.82, 2.24) is 15.1 Å². The van der Waals surface area contributed by atoms with E-state index in [2.05, 4.69) is 5.10 Å². The van der Waals surface area contributed by atoms with Crippen LogP contribution in [-0.2, 0) is 10.9 Å². The summed E-state index contributed by atoms with van der Waals surface area (Å²) in [5.41, 5.74) is -1.40. The fourth-order valence-electron chi connectivity index (χ4n) is 2.10. The van der Waals surface area contributed by atoms with E-state index in [-0.39, 0.29) is 17.2 Å². The number of carbonyl (C=O) groups excluding carboxylic acids is 1. The number of hydrogen-bond acceptors (Lipinski definition) is 3. The average Bonchev–Trinajstić information content (AvgIpc) is 2.86. The minimum absolute atomic E-state index is 0.151. The Kier molecular flexibility index (Phi) is 4.01. The molecular formula is C13H18F3N3O2. The van der Waals surface area contributed by atoms with Gasteiger partial charge in [0.15, 0.2) is 5.69 Å². The van der Waals surface area contributed by atoms with Gasteiger partial charge in [0.1, 0.15) is 5.69 Å². The Bertz CT molecular complexity index is 519. The van der Waals surface area contributed by atoms with Crippen molar-refractivity contribution in [3.63, 3.8) is 0 Å². The number of hydrogen-bond donors (Lipinski definition) is 1. The van der Waals surface area contributed by atoms with E-state index in [1.54, 1.807) is 0 Å². The first-order chi connectivity index (χ1) is 9.59. The highest BCUT2D eigenvalue weighted by atomic mass is 19.4. The van der Waals surface area contributed by atoms with Crippen molar-refractivity contribution in [1.29, 1.82) is 0 Å². The van der Waals surface area contributed by atoms with E-state index >= 15 is 0 Å². The zero-order valence-electron chi connectivity index (χ0n) is 12.1. The van der Waals surface area contributed by atoms with Crippen LogP contribution in [0.4, 0.5) is 13.2 Å². The van der Waals surface area contributed by atoms with Gasteiger partial charge in [-0.2, -0.15) is 18.3 Å². The maximum atomic E-state index is 12.5. The van der Waals surface area contributed by atoms with Crippen LogP contribution in [-0.4, -0.2) is 46.8 Å². The van der Waals surface area contributed by atoms with Gasteiger partial charge in [0.05, 0.1) is 12.7 Å². The van der Waals surface area contributed by atoms with Gasteiger partial charge in [-0.3, -0.25) is 9.89 Å². The number of halogens is 3. The van der Waals surface area contributed by atoms with Crippen molar-refractivity contribution >= 4 is 5.91 Å². The summed E-state index contributed by atoms with van der Waals surface area (Å²) in [5.74, 6) is -0.515. The Morgan fingerprint density at radius 2 is 2.10 bits per heavy atom. The summed E-state index contributed by atoms with van der Waals surface area (Å²) in [6.45, 7) is 7.02. The number of amides is 1. The SMILES string of the molecule is CC(C)(C)C1CN(C(=O)c2cc(C(F)(F)F)[nH]n2)CCO1. The monoisotopic (exact) mass is 305 g/mol. The van der Waals surface area contributed by atoms with Crippen LogP contribution in [0.2, 0.25) is 0 Å². The molecule has 0 aromatic carbocycles. The van der Waals surface area contributed by atoms with Crippen LogP contribution in [0.25, 0.3) is 0 Å². The van der Waals surface area contributed by atoms with Crippen LogP contribution in [0, 0.1) is 5.41 Å². The summed E-state index contributed by atoms with van der Waals surface area (Å²) in [6, 6.07) is 0.740. The lowest BCUT2D eigenvalue weighted by atomic mass is 9.88. The molecule has 8 heteroatoms. The molecule has 1 aliphatic heterocycles. The Labute approximate surface area is 120 Å². The van der Waals surface area contributed by atoms with Crippen molar-refractivity contribution < 1.29 is 22.7 Å². The van der Waals surface area contributed by atoms with Crippen molar-refractivity contribution in [2.75, 3.05) is 19.7 Å². The highest BCUT2D eigenvalue weighted by molar-refractivity contribution is 5.92. The summed E-state index contributed by atoms with van der Waals surface area (Å²) >= 11 is 0. The number of nitrogens with one attached hydrogen (secondary N) is 1. The van der Waals surface area contributed by atoms with E-state index in [9.17, 15) is 18.0 Å². The molecule has 1 saturated heterocycles. The molecule has 0 spiro atoms. The lowest BCUT2D eigenvalue weighted by molar-refractivity contribution is -0.141. The topological polar surface area (TPSA) is 58.2 Å². The van der Waals surface area contributed by atoms with Crippen LogP contribution in [0.3, 0.4) is 0 Å². The van der Waals surface area contributed by atoms with Gasteiger partial charge in [0.2, 0.25) is 0 Å². The first-order valence-corrected chi connectivity index (χ1v) is 6.62. The van der Waals surface area contributed by atoms with E-state index in [1.807, 2.05) is 25.9 Å². The zero-order chi connectivity index (χ0) is 15.8. The van der Waals surface area contributed by atoms with Crippen LogP contribution in [0.15, 0.2) is 6.07 Å². The summed E-state index contributed by atoms with van der Waals surface area (Å²) in [7, 11) is 0. The normalized spacial score (nSPS) is 20.7. The number of H-pyrrole nitrogens is 1. The molecule has 118 valence electrons. The number of ether oxygens (including phenoxy) is 1. The van der Waals surface area contributed by atoms with E-state index in [0.29, 0.717) is 19.7 Å². The van der Waals surface area contributed by atoms with Crippen LogP contribution in [0.5, 0.6) is 0 Å². The van der Waals surface area contributed by atoms with Crippen molar-refractivity contribution in [3.8, 4) is 0 Å². The summed E-state index contributed by atoms with van der Waals surface area (Å²) in [5, 5.41) is 5.32. The largest absolute Gasteiger partial charge is 0.432 e. The zero-order valence-corrected chi connectivity index (χ0v) is 12.1. The molecule has 2 heterocycles. The number of aromatic amines is 1. The fourth-order valence-corrected chi connectivity index (χ4v) is 2.10. The number of nitrogens with zero attached hydrogens (tertiary/aromatic N) is 2. The second-order valence-corrected chi connectivity index (χ2v) is 6.14. The van der Waals surface area contributed by atoms with Gasteiger partial charge in [0.25, 0.3) is 5.91 Å². The highest BCUT2D eigenvalue weighted by Crippen LogP contribution is 2.29. The fraction of sp³-hybridized carbons (Fsp3) is 0.692. The molecule has 1 aromatic heterocycles. The predicted octanol–water partition coefficient (Wildman–Crippen LogP) is 2.32. The Morgan fingerprint density at radius 1 is 1.43 bits per heavy atom. The molecule has 21 heavy (non-hydrogen) atoms. The van der Waals surface area contributed by atoms with E-state index in [1.165, 1.54) is 4.90 Å². The molecule has 1 N–H and O–H groups in total. The first-order valence-electron chi connectivity index (χ1n) is 6.62.